The van der Waals surface area contributed by atoms with Crippen LogP contribution < -0.4 is 15.4 Å². The number of amides is 2. The minimum absolute atomic E-state index is 0.00584. The number of carboxylic acid groups (broad SMARTS) is 1. The van der Waals surface area contributed by atoms with Gasteiger partial charge in [-0.05, 0) is 12.1 Å². The summed E-state index contributed by atoms with van der Waals surface area (Å²) in [5.41, 5.74) is 0.0499. The number of H-pyrrole nitrogens is 1. The van der Waals surface area contributed by atoms with Gasteiger partial charge in [0.15, 0.2) is 5.78 Å². The number of halogens is 1. The lowest BCUT2D eigenvalue weighted by atomic mass is 10.0. The summed E-state index contributed by atoms with van der Waals surface area (Å²) in [6.07, 6.45) is 1.53. The molecule has 12 heteroatoms. The number of aromatic nitrogens is 1. The predicted octanol–water partition coefficient (Wildman–Crippen LogP) is 4.74. The Balaban J connectivity index is 1.64. The Hall–Kier alpha value is -4.71. The maximum atomic E-state index is 14.7. The van der Waals surface area contributed by atoms with Gasteiger partial charge in [0.2, 0.25) is 0 Å². The van der Waals surface area contributed by atoms with Crippen molar-refractivity contribution in [3.8, 4) is 5.75 Å². The Morgan fingerprint density at radius 1 is 1.03 bits per heavy atom. The van der Waals surface area contributed by atoms with E-state index in [0.717, 1.165) is 36.1 Å². The van der Waals surface area contributed by atoms with Crippen molar-refractivity contribution >= 4 is 57.4 Å². The second kappa shape index (κ2) is 9.88. The molecule has 4 N–H and O–H groups in total. The number of aromatic amines is 1. The number of methoxy groups -OCH3 is 2. The van der Waals surface area contributed by atoms with Gasteiger partial charge in [-0.3, -0.25) is 4.79 Å². The lowest BCUT2D eigenvalue weighted by molar-refractivity contribution is 0.0589. The number of hydrogen-bond donors (Lipinski definition) is 4. The zero-order chi connectivity index (χ0) is 26.0. The molecule has 0 spiro atoms. The van der Waals surface area contributed by atoms with Crippen molar-refractivity contribution in [2.24, 2.45) is 0 Å². The number of hydrogen-bond acceptors (Lipinski definition) is 7. The maximum absolute atomic E-state index is 14.7. The van der Waals surface area contributed by atoms with Crippen LogP contribution in [0.25, 0.3) is 10.9 Å². The number of nitrogens with one attached hydrogen (secondary N) is 3. The lowest BCUT2D eigenvalue weighted by Gasteiger charge is -2.13. The number of urea groups is 1. The van der Waals surface area contributed by atoms with E-state index in [1.807, 2.05) is 6.07 Å². The summed E-state index contributed by atoms with van der Waals surface area (Å²) in [7, 11) is 2.37. The van der Waals surface area contributed by atoms with Gasteiger partial charge in [-0.2, -0.15) is 0 Å². The zero-order valence-electron chi connectivity index (χ0n) is 18.8. The van der Waals surface area contributed by atoms with Crippen LogP contribution in [0.2, 0.25) is 0 Å². The Kier molecular flexibility index (Phi) is 6.70. The number of para-hydroxylation sites is 1. The van der Waals surface area contributed by atoms with Crippen molar-refractivity contribution < 1.29 is 38.1 Å². The number of rotatable bonds is 7. The van der Waals surface area contributed by atoms with Crippen molar-refractivity contribution in [1.82, 2.24) is 4.98 Å². The SMILES string of the molecule is COC(=O)c1scc(NC(=O)Nc2cc(C(=O)c3c[nH]c4ccccc34)c(OC)cc2F)c1C(=O)O. The summed E-state index contributed by atoms with van der Waals surface area (Å²) in [5.74, 6) is -3.75. The van der Waals surface area contributed by atoms with E-state index < -0.39 is 35.1 Å². The highest BCUT2D eigenvalue weighted by Crippen LogP contribution is 2.31. The van der Waals surface area contributed by atoms with Gasteiger partial charge in [-0.25, -0.2) is 18.8 Å². The second-order valence-electron chi connectivity index (χ2n) is 7.34. The molecule has 2 aromatic carbocycles. The Morgan fingerprint density at radius 3 is 2.44 bits per heavy atom. The van der Waals surface area contributed by atoms with Gasteiger partial charge in [-0.1, -0.05) is 18.2 Å². The fraction of sp³-hybridized carbons (Fsp3) is 0.0833. The number of ketones is 1. The fourth-order valence-electron chi connectivity index (χ4n) is 3.58. The van der Waals surface area contributed by atoms with Crippen LogP contribution in [0.3, 0.4) is 0 Å². The van der Waals surface area contributed by atoms with Crippen LogP contribution in [0.4, 0.5) is 20.6 Å². The van der Waals surface area contributed by atoms with Gasteiger partial charge in [0, 0.05) is 34.1 Å². The number of carboxylic acids is 1. The number of aromatic carboxylic acids is 1. The molecule has 184 valence electrons. The molecule has 10 nitrogen and oxygen atoms in total. The van der Waals surface area contributed by atoms with Gasteiger partial charge in [0.1, 0.15) is 22.0 Å². The molecule has 0 saturated carbocycles. The average Bonchev–Trinajstić information content (AvgIpc) is 3.48. The van der Waals surface area contributed by atoms with Gasteiger partial charge in [0.05, 0.1) is 31.2 Å². The topological polar surface area (TPSA) is 147 Å². The number of thiophene rings is 1. The van der Waals surface area contributed by atoms with Crippen molar-refractivity contribution in [2.75, 3.05) is 24.9 Å². The first kappa shape index (κ1) is 24.4. The first-order valence-corrected chi connectivity index (χ1v) is 11.1. The minimum Gasteiger partial charge on any atom is -0.496 e. The normalized spacial score (nSPS) is 10.6. The quantitative estimate of drug-likeness (QED) is 0.207. The molecular weight excluding hydrogens is 493 g/mol. The summed E-state index contributed by atoms with van der Waals surface area (Å²) in [4.78, 5) is 52.1. The van der Waals surface area contributed by atoms with Crippen LogP contribution in [0, 0.1) is 5.82 Å². The van der Waals surface area contributed by atoms with Crippen LogP contribution in [-0.4, -0.2) is 48.1 Å². The maximum Gasteiger partial charge on any atom is 0.349 e. The molecule has 0 aliphatic carbocycles. The number of esters is 1. The fourth-order valence-corrected chi connectivity index (χ4v) is 4.49. The number of carbonyl (C=O) groups is 4. The van der Waals surface area contributed by atoms with E-state index in [2.05, 4.69) is 20.4 Å². The largest absolute Gasteiger partial charge is 0.496 e. The van der Waals surface area contributed by atoms with Gasteiger partial charge >= 0.3 is 18.0 Å². The second-order valence-corrected chi connectivity index (χ2v) is 8.22. The Morgan fingerprint density at radius 2 is 1.75 bits per heavy atom. The number of carbonyl (C=O) groups excluding carboxylic acids is 3. The molecule has 0 bridgehead atoms. The molecule has 0 fully saturated rings. The molecule has 2 aromatic heterocycles. The third-order valence-corrected chi connectivity index (χ3v) is 6.20. The third kappa shape index (κ3) is 4.49. The van der Waals surface area contributed by atoms with Crippen molar-refractivity contribution in [3.05, 3.63) is 75.4 Å². The van der Waals surface area contributed by atoms with Crippen LogP contribution in [0.1, 0.15) is 36.0 Å². The Bertz CT molecular complexity index is 1530. The molecule has 0 aliphatic rings. The molecule has 4 rings (SSSR count). The standard InChI is InChI=1S/C24H18FN3O7S/c1-34-18-8-14(25)16(7-12(18)20(29)13-9-26-15-6-4-3-5-11(13)15)27-24(33)28-17-10-36-21(23(32)35-2)19(17)22(30)31/h3-10,26H,1-2H3,(H,30,31)(H2,27,28,33). The summed E-state index contributed by atoms with van der Waals surface area (Å²) in [6.45, 7) is 0. The summed E-state index contributed by atoms with van der Waals surface area (Å²) in [6, 6.07) is 8.22. The van der Waals surface area contributed by atoms with Gasteiger partial charge in [-0.15, -0.1) is 11.3 Å². The van der Waals surface area contributed by atoms with Crippen molar-refractivity contribution in [2.45, 2.75) is 0 Å². The summed E-state index contributed by atoms with van der Waals surface area (Å²) < 4.78 is 24.5. The van der Waals surface area contributed by atoms with Crippen LogP contribution in [0.15, 0.2) is 48.0 Å². The zero-order valence-corrected chi connectivity index (χ0v) is 19.6. The van der Waals surface area contributed by atoms with E-state index in [0.29, 0.717) is 10.9 Å². The van der Waals surface area contributed by atoms with Crippen LogP contribution in [-0.2, 0) is 4.74 Å². The van der Waals surface area contributed by atoms with E-state index in [1.165, 1.54) is 18.7 Å². The highest BCUT2D eigenvalue weighted by atomic mass is 32.1. The lowest BCUT2D eigenvalue weighted by Crippen LogP contribution is -2.22. The van der Waals surface area contributed by atoms with Gasteiger partial charge < -0.3 is 30.2 Å². The molecule has 0 aliphatic heterocycles. The Labute approximate surface area is 206 Å². The molecular formula is C24H18FN3O7S. The van der Waals surface area contributed by atoms with E-state index in [-0.39, 0.29) is 27.6 Å². The molecule has 0 radical (unpaired) electrons. The van der Waals surface area contributed by atoms with Gasteiger partial charge in [0.25, 0.3) is 0 Å². The predicted molar refractivity (Wildman–Crippen MR) is 130 cm³/mol. The van der Waals surface area contributed by atoms with E-state index >= 15 is 0 Å². The van der Waals surface area contributed by atoms with Crippen molar-refractivity contribution in [1.29, 1.82) is 0 Å². The van der Waals surface area contributed by atoms with Crippen LogP contribution in [0.5, 0.6) is 5.75 Å². The van der Waals surface area contributed by atoms with E-state index in [4.69, 9.17) is 4.74 Å². The average molecular weight is 511 g/mol. The molecule has 0 atom stereocenters. The van der Waals surface area contributed by atoms with E-state index in [9.17, 15) is 28.7 Å². The number of benzene rings is 2. The van der Waals surface area contributed by atoms with Crippen LogP contribution >= 0.6 is 11.3 Å². The number of anilines is 2. The van der Waals surface area contributed by atoms with E-state index in [1.54, 1.807) is 18.2 Å². The number of fused-ring (bicyclic) bond motifs is 1. The first-order chi connectivity index (χ1) is 17.2. The number of ether oxygens (including phenoxy) is 2. The smallest absolute Gasteiger partial charge is 0.349 e. The summed E-state index contributed by atoms with van der Waals surface area (Å²) >= 11 is 0.763. The summed E-state index contributed by atoms with van der Waals surface area (Å²) in [5, 5.41) is 15.9. The third-order valence-electron chi connectivity index (χ3n) is 5.24. The highest BCUT2D eigenvalue weighted by molar-refractivity contribution is 7.13. The van der Waals surface area contributed by atoms with Crippen molar-refractivity contribution in [3.63, 3.8) is 0 Å². The minimum atomic E-state index is -1.46. The first-order valence-electron chi connectivity index (χ1n) is 10.2. The molecule has 0 unspecified atom stereocenters. The molecule has 0 saturated heterocycles. The molecule has 2 amide bonds. The monoisotopic (exact) mass is 511 g/mol. The molecule has 2 heterocycles. The highest BCUT2D eigenvalue weighted by Gasteiger charge is 2.26. The molecule has 36 heavy (non-hydrogen) atoms. The molecule has 4 aromatic rings.